The zero-order chi connectivity index (χ0) is 30.7. The van der Waals surface area contributed by atoms with Crippen LogP contribution in [0.2, 0.25) is 0 Å². The highest BCUT2D eigenvalue weighted by molar-refractivity contribution is 6.29. The zero-order valence-electron chi connectivity index (χ0n) is 26.3. The van der Waals surface area contributed by atoms with Crippen LogP contribution in [-0.2, 0) is 5.41 Å². The van der Waals surface area contributed by atoms with E-state index in [0.717, 1.165) is 0 Å². The minimum atomic E-state index is -0.0505. The van der Waals surface area contributed by atoms with Gasteiger partial charge in [-0.25, -0.2) is 0 Å². The van der Waals surface area contributed by atoms with E-state index in [9.17, 15) is 0 Å². The van der Waals surface area contributed by atoms with Crippen LogP contribution in [0.25, 0.3) is 87.2 Å². The van der Waals surface area contributed by atoms with E-state index < -0.39 is 0 Å². The van der Waals surface area contributed by atoms with E-state index in [1.54, 1.807) is 0 Å². The van der Waals surface area contributed by atoms with E-state index in [2.05, 4.69) is 160 Å². The summed E-state index contributed by atoms with van der Waals surface area (Å²) in [6, 6.07) is 52.7. The fraction of sp³-hybridized carbons (Fsp3) is 0.0870. The maximum atomic E-state index is 2.42. The second-order valence-electron chi connectivity index (χ2n) is 13.7. The molecular weight excluding hydrogens is 553 g/mol. The molecule has 0 fully saturated rings. The third kappa shape index (κ3) is 3.29. The lowest BCUT2D eigenvalue weighted by Crippen LogP contribution is -2.14. The molecule has 216 valence electrons. The molecule has 0 spiro atoms. The van der Waals surface area contributed by atoms with E-state index in [-0.39, 0.29) is 5.41 Å². The monoisotopic (exact) mass is 584 g/mol. The molecule has 1 aliphatic rings. The minimum absolute atomic E-state index is 0.0505. The Bertz CT molecular complexity index is 2700. The van der Waals surface area contributed by atoms with Crippen molar-refractivity contribution in [3.05, 3.63) is 156 Å². The first-order valence-electron chi connectivity index (χ1n) is 16.4. The first-order chi connectivity index (χ1) is 22.5. The molecule has 9 aromatic carbocycles. The van der Waals surface area contributed by atoms with Gasteiger partial charge in [0.05, 0.1) is 0 Å². The van der Waals surface area contributed by atoms with E-state index in [1.807, 2.05) is 0 Å². The molecule has 0 radical (unpaired) electrons. The molecule has 0 unspecified atom stereocenters. The number of fused-ring (bicyclic) bond motifs is 5. The molecule has 0 amide bonds. The SMILES string of the molecule is Cc1ccc2c(-c3ccc4ccc5cccc6ccc3c4c56)c3ccccc3c(-c3cccc4c3-c3ccccc3C4(C)C)c2c1. The third-order valence-corrected chi connectivity index (χ3v) is 10.9. The summed E-state index contributed by atoms with van der Waals surface area (Å²) in [6.07, 6.45) is 0. The molecule has 10 rings (SSSR count). The Morgan fingerprint density at radius 3 is 1.74 bits per heavy atom. The standard InChI is InChI=1S/C46H32/c1-27-18-23-35-38(26-27)44(37-15-9-17-40-45(37)36-14-6-7-16-39(36)46(40,2)3)32-13-5-4-12-31(32)43(35)34-25-22-30-20-19-28-10-8-11-29-21-24-33(34)42(30)41(28)29/h4-26H,1-3H3. The first kappa shape index (κ1) is 25.8. The van der Waals surface area contributed by atoms with Gasteiger partial charge in [-0.2, -0.15) is 0 Å². The summed E-state index contributed by atoms with van der Waals surface area (Å²) in [4.78, 5) is 0. The second-order valence-corrected chi connectivity index (χ2v) is 13.7. The number of rotatable bonds is 2. The Balaban J connectivity index is 1.37. The average molecular weight is 585 g/mol. The predicted octanol–water partition coefficient (Wildman–Crippen LogP) is 12.8. The van der Waals surface area contributed by atoms with Gasteiger partial charge in [0.25, 0.3) is 0 Å². The highest BCUT2D eigenvalue weighted by atomic mass is 14.4. The van der Waals surface area contributed by atoms with E-state index >= 15 is 0 Å². The maximum absolute atomic E-state index is 2.42. The Labute approximate surface area is 268 Å². The van der Waals surface area contributed by atoms with Gasteiger partial charge in [0.15, 0.2) is 0 Å². The summed E-state index contributed by atoms with van der Waals surface area (Å²) >= 11 is 0. The summed E-state index contributed by atoms with van der Waals surface area (Å²) in [6.45, 7) is 6.97. The quantitative estimate of drug-likeness (QED) is 0.140. The lowest BCUT2D eigenvalue weighted by atomic mass is 9.80. The second kappa shape index (κ2) is 9.05. The third-order valence-electron chi connectivity index (χ3n) is 10.9. The molecule has 9 aromatic rings. The van der Waals surface area contributed by atoms with Gasteiger partial charge in [0.2, 0.25) is 0 Å². The summed E-state index contributed by atoms with van der Waals surface area (Å²) in [5.41, 5.74) is 12.1. The van der Waals surface area contributed by atoms with Gasteiger partial charge in [-0.15, -0.1) is 0 Å². The van der Waals surface area contributed by atoms with Gasteiger partial charge in [0, 0.05) is 5.41 Å². The van der Waals surface area contributed by atoms with Gasteiger partial charge in [0.1, 0.15) is 0 Å². The fourth-order valence-electron chi connectivity index (χ4n) is 8.79. The van der Waals surface area contributed by atoms with Crippen LogP contribution < -0.4 is 0 Å². The van der Waals surface area contributed by atoms with Crippen molar-refractivity contribution < 1.29 is 0 Å². The molecule has 0 saturated carbocycles. The van der Waals surface area contributed by atoms with Gasteiger partial charge in [-0.05, 0) is 105 Å². The van der Waals surface area contributed by atoms with E-state index in [0.29, 0.717) is 0 Å². The topological polar surface area (TPSA) is 0 Å². The number of aryl methyl sites for hydroxylation is 1. The van der Waals surface area contributed by atoms with Crippen molar-refractivity contribution in [1.29, 1.82) is 0 Å². The molecular formula is C46H32. The highest BCUT2D eigenvalue weighted by Gasteiger charge is 2.37. The van der Waals surface area contributed by atoms with Crippen molar-refractivity contribution >= 4 is 53.9 Å². The van der Waals surface area contributed by atoms with Crippen LogP contribution in [0.3, 0.4) is 0 Å². The van der Waals surface area contributed by atoms with E-state index in [1.165, 1.54) is 104 Å². The molecule has 46 heavy (non-hydrogen) atoms. The van der Waals surface area contributed by atoms with Crippen LogP contribution in [0.5, 0.6) is 0 Å². The number of benzene rings is 9. The molecule has 0 aliphatic heterocycles. The van der Waals surface area contributed by atoms with Gasteiger partial charge in [-0.1, -0.05) is 159 Å². The van der Waals surface area contributed by atoms with Crippen LogP contribution in [0.1, 0.15) is 30.5 Å². The van der Waals surface area contributed by atoms with Crippen LogP contribution in [0.4, 0.5) is 0 Å². The Morgan fingerprint density at radius 2 is 0.935 bits per heavy atom. The smallest absolute Gasteiger partial charge is 0.0159 e. The molecule has 0 aromatic heterocycles. The summed E-state index contributed by atoms with van der Waals surface area (Å²) in [5.74, 6) is 0. The van der Waals surface area contributed by atoms with Crippen LogP contribution in [0, 0.1) is 6.92 Å². The molecule has 0 saturated heterocycles. The average Bonchev–Trinajstić information content (AvgIpc) is 3.33. The van der Waals surface area contributed by atoms with Crippen LogP contribution in [0.15, 0.2) is 140 Å². The summed E-state index contributed by atoms with van der Waals surface area (Å²) in [7, 11) is 0. The van der Waals surface area contributed by atoms with Crippen molar-refractivity contribution in [3.63, 3.8) is 0 Å². The Hall–Kier alpha value is -5.46. The van der Waals surface area contributed by atoms with E-state index in [4.69, 9.17) is 0 Å². The van der Waals surface area contributed by atoms with Gasteiger partial charge in [-0.3, -0.25) is 0 Å². The molecule has 0 N–H and O–H groups in total. The molecule has 1 aliphatic carbocycles. The Kier molecular flexibility index (Phi) is 5.08. The van der Waals surface area contributed by atoms with Gasteiger partial charge < -0.3 is 0 Å². The molecule has 0 bridgehead atoms. The number of hydrogen-bond acceptors (Lipinski definition) is 0. The number of hydrogen-bond donors (Lipinski definition) is 0. The maximum Gasteiger partial charge on any atom is 0.0159 e. The summed E-state index contributed by atoms with van der Waals surface area (Å²) in [5, 5.41) is 13.2. The minimum Gasteiger partial charge on any atom is -0.0619 e. The normalized spacial score (nSPS) is 13.7. The Morgan fingerprint density at radius 1 is 0.370 bits per heavy atom. The van der Waals surface area contributed by atoms with Crippen molar-refractivity contribution in [1.82, 2.24) is 0 Å². The van der Waals surface area contributed by atoms with Gasteiger partial charge >= 0.3 is 0 Å². The molecule has 0 heterocycles. The zero-order valence-corrected chi connectivity index (χ0v) is 26.3. The van der Waals surface area contributed by atoms with Crippen molar-refractivity contribution in [2.45, 2.75) is 26.2 Å². The first-order valence-corrected chi connectivity index (χ1v) is 16.4. The van der Waals surface area contributed by atoms with Crippen LogP contribution in [-0.4, -0.2) is 0 Å². The summed E-state index contributed by atoms with van der Waals surface area (Å²) < 4.78 is 0. The highest BCUT2D eigenvalue weighted by Crippen LogP contribution is 2.55. The van der Waals surface area contributed by atoms with Crippen molar-refractivity contribution in [3.8, 4) is 33.4 Å². The molecule has 0 heteroatoms. The van der Waals surface area contributed by atoms with Crippen LogP contribution >= 0.6 is 0 Å². The van der Waals surface area contributed by atoms with Crippen molar-refractivity contribution in [2.24, 2.45) is 0 Å². The largest absolute Gasteiger partial charge is 0.0619 e. The molecule has 0 nitrogen and oxygen atoms in total. The lowest BCUT2D eigenvalue weighted by molar-refractivity contribution is 0.660. The predicted molar refractivity (Wildman–Crippen MR) is 198 cm³/mol. The molecule has 0 atom stereocenters. The fourth-order valence-corrected chi connectivity index (χ4v) is 8.79. The van der Waals surface area contributed by atoms with Crippen molar-refractivity contribution in [2.75, 3.05) is 0 Å². The lowest BCUT2D eigenvalue weighted by Gasteiger charge is -2.23.